The fourth-order valence-electron chi connectivity index (χ4n) is 2.99. The van der Waals surface area contributed by atoms with Crippen LogP contribution in [0.1, 0.15) is 26.7 Å². The van der Waals surface area contributed by atoms with E-state index in [-0.39, 0.29) is 48.8 Å². The molecule has 2 heterocycles. The van der Waals surface area contributed by atoms with E-state index >= 15 is 0 Å². The van der Waals surface area contributed by atoms with Gasteiger partial charge in [0.2, 0.25) is 5.91 Å². The maximum absolute atomic E-state index is 12.3. The number of ether oxygens (including phenoxy) is 1. The molecule has 0 bridgehead atoms. The van der Waals surface area contributed by atoms with Gasteiger partial charge in [-0.05, 0) is 39.8 Å². The van der Waals surface area contributed by atoms with Crippen LogP contribution < -0.4 is 10.6 Å². The quantitative estimate of drug-likeness (QED) is 0.802. The van der Waals surface area contributed by atoms with E-state index in [1.54, 1.807) is 7.11 Å². The molecule has 0 unspecified atom stereocenters. The Morgan fingerprint density at radius 3 is 2.38 bits per heavy atom. The summed E-state index contributed by atoms with van der Waals surface area (Å²) < 4.78 is 5.52. The van der Waals surface area contributed by atoms with Crippen LogP contribution in [-0.4, -0.2) is 62.3 Å². The molecule has 2 aliphatic rings. The minimum atomic E-state index is 0. The van der Waals surface area contributed by atoms with E-state index in [0.717, 1.165) is 39.0 Å². The lowest BCUT2D eigenvalue weighted by atomic mass is 9.97. The van der Waals surface area contributed by atoms with Crippen molar-refractivity contribution in [3.05, 3.63) is 0 Å². The van der Waals surface area contributed by atoms with Crippen LogP contribution in [0.25, 0.3) is 0 Å². The minimum Gasteiger partial charge on any atom is -0.378 e. The van der Waals surface area contributed by atoms with Crippen LogP contribution >= 0.6 is 24.8 Å². The third-order valence-corrected chi connectivity index (χ3v) is 4.37. The number of nitrogens with zero attached hydrogens (tertiary/aromatic N) is 1. The summed E-state index contributed by atoms with van der Waals surface area (Å²) >= 11 is 0. The Morgan fingerprint density at radius 1 is 1.24 bits per heavy atom. The molecular weight excluding hydrogens is 313 g/mol. The predicted octanol–water partition coefficient (Wildman–Crippen LogP) is 1.05. The topological polar surface area (TPSA) is 53.6 Å². The van der Waals surface area contributed by atoms with E-state index in [9.17, 15) is 4.79 Å². The summed E-state index contributed by atoms with van der Waals surface area (Å²) in [7, 11) is 1.73. The number of carbonyl (C=O) groups excluding carboxylic acids is 1. The molecule has 21 heavy (non-hydrogen) atoms. The molecule has 2 atom stereocenters. The average molecular weight is 342 g/mol. The number of methoxy groups -OCH3 is 1. The summed E-state index contributed by atoms with van der Waals surface area (Å²) in [5, 5.41) is 6.49. The highest BCUT2D eigenvalue weighted by molar-refractivity contribution is 5.85. The Labute approximate surface area is 140 Å². The van der Waals surface area contributed by atoms with Gasteiger partial charge in [0.15, 0.2) is 0 Å². The first kappa shape index (κ1) is 20.9. The zero-order valence-corrected chi connectivity index (χ0v) is 14.8. The Morgan fingerprint density at radius 2 is 1.86 bits per heavy atom. The fraction of sp³-hybridized carbons (Fsp3) is 0.929. The highest BCUT2D eigenvalue weighted by atomic mass is 35.5. The molecule has 0 aliphatic carbocycles. The smallest absolute Gasteiger partial charge is 0.223 e. The van der Waals surface area contributed by atoms with Crippen LogP contribution in [0.4, 0.5) is 0 Å². The van der Waals surface area contributed by atoms with Crippen molar-refractivity contribution in [1.82, 2.24) is 15.5 Å². The largest absolute Gasteiger partial charge is 0.378 e. The lowest BCUT2D eigenvalue weighted by Crippen LogP contribution is -2.47. The molecule has 2 saturated heterocycles. The molecule has 0 radical (unpaired) electrons. The van der Waals surface area contributed by atoms with E-state index < -0.39 is 0 Å². The first-order valence-electron chi connectivity index (χ1n) is 7.39. The van der Waals surface area contributed by atoms with Gasteiger partial charge in [-0.3, -0.25) is 9.69 Å². The number of hydrogen-bond acceptors (Lipinski definition) is 4. The van der Waals surface area contributed by atoms with Crippen LogP contribution in [0.3, 0.4) is 0 Å². The SMILES string of the molecule is CO[C@H]1CN(C(C)C)C[C@@H]1NC(=O)C1CCNCC1.Cl.Cl. The molecule has 0 aromatic rings. The monoisotopic (exact) mass is 341 g/mol. The molecule has 0 aromatic carbocycles. The van der Waals surface area contributed by atoms with Crippen LogP contribution in [0.2, 0.25) is 0 Å². The first-order valence-corrected chi connectivity index (χ1v) is 7.39. The normalized spacial score (nSPS) is 27.0. The van der Waals surface area contributed by atoms with Crippen LogP contribution in [0.15, 0.2) is 0 Å². The second-order valence-corrected chi connectivity index (χ2v) is 5.96. The summed E-state index contributed by atoms with van der Waals surface area (Å²) in [5.74, 6) is 0.381. The van der Waals surface area contributed by atoms with Crippen molar-refractivity contribution in [2.75, 3.05) is 33.3 Å². The van der Waals surface area contributed by atoms with Crippen molar-refractivity contribution in [3.63, 3.8) is 0 Å². The molecule has 1 amide bonds. The van der Waals surface area contributed by atoms with Crippen molar-refractivity contribution < 1.29 is 9.53 Å². The number of hydrogen-bond donors (Lipinski definition) is 2. The zero-order chi connectivity index (χ0) is 13.8. The fourth-order valence-corrected chi connectivity index (χ4v) is 2.99. The highest BCUT2D eigenvalue weighted by Crippen LogP contribution is 2.18. The second kappa shape index (κ2) is 9.85. The summed E-state index contributed by atoms with van der Waals surface area (Å²) in [5.41, 5.74) is 0. The van der Waals surface area contributed by atoms with Gasteiger partial charge in [-0.25, -0.2) is 0 Å². The van der Waals surface area contributed by atoms with Gasteiger partial charge in [-0.1, -0.05) is 0 Å². The molecule has 0 saturated carbocycles. The number of carbonyl (C=O) groups is 1. The van der Waals surface area contributed by atoms with E-state index in [4.69, 9.17) is 4.74 Å². The van der Waals surface area contributed by atoms with Gasteiger partial charge in [0, 0.05) is 32.2 Å². The van der Waals surface area contributed by atoms with Crippen molar-refractivity contribution in [2.24, 2.45) is 5.92 Å². The molecule has 2 aliphatic heterocycles. The third-order valence-electron chi connectivity index (χ3n) is 4.37. The maximum Gasteiger partial charge on any atom is 0.223 e. The molecule has 0 spiro atoms. The van der Waals surface area contributed by atoms with Crippen molar-refractivity contribution in [3.8, 4) is 0 Å². The molecule has 5 nitrogen and oxygen atoms in total. The van der Waals surface area contributed by atoms with Gasteiger partial charge in [-0.2, -0.15) is 0 Å². The predicted molar refractivity (Wildman–Crippen MR) is 89.5 cm³/mol. The molecule has 7 heteroatoms. The Bertz CT molecular complexity index is 313. The molecule has 126 valence electrons. The maximum atomic E-state index is 12.3. The summed E-state index contributed by atoms with van der Waals surface area (Å²) in [6, 6.07) is 0.633. The Kier molecular flexibility index (Phi) is 9.81. The van der Waals surface area contributed by atoms with Gasteiger partial charge in [0.05, 0.1) is 12.1 Å². The average Bonchev–Trinajstić information content (AvgIpc) is 2.83. The number of halogens is 2. The molecular formula is C14H29Cl2N3O2. The van der Waals surface area contributed by atoms with E-state index in [0.29, 0.717) is 6.04 Å². The molecule has 2 rings (SSSR count). The zero-order valence-electron chi connectivity index (χ0n) is 13.1. The summed E-state index contributed by atoms with van der Waals surface area (Å²) in [6.07, 6.45) is 2.02. The van der Waals surface area contributed by atoms with Crippen LogP contribution in [0, 0.1) is 5.92 Å². The van der Waals surface area contributed by atoms with Crippen molar-refractivity contribution >= 4 is 30.7 Å². The lowest BCUT2D eigenvalue weighted by Gasteiger charge is -2.25. The summed E-state index contributed by atoms with van der Waals surface area (Å²) in [4.78, 5) is 14.6. The van der Waals surface area contributed by atoms with Gasteiger partial charge >= 0.3 is 0 Å². The van der Waals surface area contributed by atoms with Crippen molar-refractivity contribution in [1.29, 1.82) is 0 Å². The van der Waals surface area contributed by atoms with Gasteiger partial charge in [-0.15, -0.1) is 24.8 Å². The highest BCUT2D eigenvalue weighted by Gasteiger charge is 2.36. The van der Waals surface area contributed by atoms with Crippen molar-refractivity contribution in [2.45, 2.75) is 44.9 Å². The molecule has 2 N–H and O–H groups in total. The van der Waals surface area contributed by atoms with Gasteiger partial charge in [0.1, 0.15) is 0 Å². The Hall–Kier alpha value is -0.0700. The lowest BCUT2D eigenvalue weighted by molar-refractivity contribution is -0.127. The van der Waals surface area contributed by atoms with Crippen LogP contribution in [-0.2, 0) is 9.53 Å². The standard InChI is InChI=1S/C14H27N3O2.2ClH/c1-10(2)17-8-12(13(9-17)19-3)16-14(18)11-4-6-15-7-5-11;;/h10-13,15H,4-9H2,1-3H3,(H,16,18);2*1H/t12-,13-;;/m0../s1. The number of amides is 1. The van der Waals surface area contributed by atoms with Gasteiger partial charge in [0.25, 0.3) is 0 Å². The number of nitrogens with one attached hydrogen (secondary N) is 2. The number of rotatable bonds is 4. The van der Waals surface area contributed by atoms with E-state index in [2.05, 4.69) is 29.4 Å². The third kappa shape index (κ3) is 5.57. The summed E-state index contributed by atoms with van der Waals surface area (Å²) in [6.45, 7) is 8.08. The van der Waals surface area contributed by atoms with E-state index in [1.807, 2.05) is 0 Å². The number of piperidine rings is 1. The molecule has 2 fully saturated rings. The van der Waals surface area contributed by atoms with Gasteiger partial charge < -0.3 is 15.4 Å². The first-order chi connectivity index (χ1) is 9.11. The second-order valence-electron chi connectivity index (χ2n) is 5.96. The molecule has 0 aromatic heterocycles. The van der Waals surface area contributed by atoms with Crippen LogP contribution in [0.5, 0.6) is 0 Å². The minimum absolute atomic E-state index is 0. The Balaban J connectivity index is 0.00000200. The number of likely N-dealkylation sites (tertiary alicyclic amines) is 1. The van der Waals surface area contributed by atoms with E-state index in [1.165, 1.54) is 0 Å².